The lowest BCUT2D eigenvalue weighted by atomic mass is 10.3. The molecule has 1 aromatic carbocycles. The summed E-state index contributed by atoms with van der Waals surface area (Å²) in [5.41, 5.74) is 0.738. The Morgan fingerprint density at radius 2 is 1.96 bits per heavy atom. The number of methoxy groups -OCH3 is 1. The highest BCUT2D eigenvalue weighted by atomic mass is 16.5. The van der Waals surface area contributed by atoms with Gasteiger partial charge in [0, 0.05) is 44.1 Å². The normalized spacial score (nSPS) is 14.5. The van der Waals surface area contributed by atoms with E-state index in [0.29, 0.717) is 13.1 Å². The third-order valence-corrected chi connectivity index (χ3v) is 3.86. The molecule has 0 spiro atoms. The Balaban J connectivity index is 1.56. The van der Waals surface area contributed by atoms with E-state index in [9.17, 15) is 4.79 Å². The van der Waals surface area contributed by atoms with E-state index in [0.717, 1.165) is 30.3 Å². The number of nitrogens with one attached hydrogen (secondary N) is 1. The first-order valence-corrected chi connectivity index (χ1v) is 7.62. The van der Waals surface area contributed by atoms with Crippen molar-refractivity contribution in [3.63, 3.8) is 0 Å². The summed E-state index contributed by atoms with van der Waals surface area (Å²) in [5, 5.41) is 2.91. The van der Waals surface area contributed by atoms with E-state index in [1.165, 1.54) is 0 Å². The summed E-state index contributed by atoms with van der Waals surface area (Å²) in [5.74, 6) is 1.68. The highest BCUT2D eigenvalue weighted by molar-refractivity contribution is 5.89. The van der Waals surface area contributed by atoms with Crippen LogP contribution in [0.3, 0.4) is 0 Å². The average Bonchev–Trinajstić information content (AvgIpc) is 2.63. The first-order chi connectivity index (χ1) is 11.3. The third kappa shape index (κ3) is 3.71. The van der Waals surface area contributed by atoms with Gasteiger partial charge in [-0.15, -0.1) is 0 Å². The van der Waals surface area contributed by atoms with Crippen LogP contribution in [0, 0.1) is 0 Å². The zero-order valence-electron chi connectivity index (χ0n) is 13.1. The molecule has 0 radical (unpaired) electrons. The standard InChI is InChI=1S/C17H20N4O2/c1-23-15-6-4-5-14(13-15)19-17(22)21-11-9-20(10-12-21)16-7-2-3-8-18-16/h2-8,13H,9-12H2,1H3,(H,19,22). The first kappa shape index (κ1) is 15.1. The molecule has 1 fully saturated rings. The molecule has 23 heavy (non-hydrogen) atoms. The summed E-state index contributed by atoms with van der Waals surface area (Å²) in [6.07, 6.45) is 1.79. The number of piperazine rings is 1. The van der Waals surface area contributed by atoms with Crippen molar-refractivity contribution >= 4 is 17.5 Å². The molecule has 2 amide bonds. The van der Waals surface area contributed by atoms with Gasteiger partial charge >= 0.3 is 6.03 Å². The van der Waals surface area contributed by atoms with Crippen molar-refractivity contribution in [1.82, 2.24) is 9.88 Å². The van der Waals surface area contributed by atoms with Gasteiger partial charge in [-0.25, -0.2) is 9.78 Å². The summed E-state index contributed by atoms with van der Waals surface area (Å²) < 4.78 is 5.17. The van der Waals surface area contributed by atoms with E-state index in [1.54, 1.807) is 13.3 Å². The van der Waals surface area contributed by atoms with Crippen LogP contribution in [0.5, 0.6) is 5.75 Å². The topological polar surface area (TPSA) is 57.7 Å². The van der Waals surface area contributed by atoms with Crippen molar-refractivity contribution in [2.24, 2.45) is 0 Å². The van der Waals surface area contributed by atoms with Crippen LogP contribution >= 0.6 is 0 Å². The van der Waals surface area contributed by atoms with Crippen LogP contribution < -0.4 is 15.0 Å². The predicted molar refractivity (Wildman–Crippen MR) is 90.0 cm³/mol. The maximum Gasteiger partial charge on any atom is 0.321 e. The lowest BCUT2D eigenvalue weighted by Crippen LogP contribution is -2.50. The van der Waals surface area contributed by atoms with Crippen molar-refractivity contribution < 1.29 is 9.53 Å². The van der Waals surface area contributed by atoms with Gasteiger partial charge in [0.25, 0.3) is 0 Å². The van der Waals surface area contributed by atoms with Gasteiger partial charge in [-0.05, 0) is 24.3 Å². The minimum atomic E-state index is -0.0843. The van der Waals surface area contributed by atoms with Gasteiger partial charge in [-0.1, -0.05) is 12.1 Å². The average molecular weight is 312 g/mol. The van der Waals surface area contributed by atoms with Gasteiger partial charge in [-0.3, -0.25) is 0 Å². The van der Waals surface area contributed by atoms with Crippen molar-refractivity contribution in [2.45, 2.75) is 0 Å². The molecule has 6 heteroatoms. The van der Waals surface area contributed by atoms with Gasteiger partial charge in [0.05, 0.1) is 7.11 Å². The number of aromatic nitrogens is 1. The summed E-state index contributed by atoms with van der Waals surface area (Å²) in [6.45, 7) is 2.91. The molecule has 0 unspecified atom stereocenters. The SMILES string of the molecule is COc1cccc(NC(=O)N2CCN(c3ccccn3)CC2)c1. The number of benzene rings is 1. The quantitative estimate of drug-likeness (QED) is 0.946. The Labute approximate surface area is 135 Å². The predicted octanol–water partition coefficient (Wildman–Crippen LogP) is 2.44. The largest absolute Gasteiger partial charge is 0.497 e. The minimum Gasteiger partial charge on any atom is -0.497 e. The number of ether oxygens (including phenoxy) is 1. The maximum atomic E-state index is 12.4. The summed E-state index contributed by atoms with van der Waals surface area (Å²) in [7, 11) is 1.61. The van der Waals surface area contributed by atoms with Gasteiger partial charge in [0.2, 0.25) is 0 Å². The number of anilines is 2. The molecule has 120 valence electrons. The molecule has 0 aliphatic carbocycles. The van der Waals surface area contributed by atoms with Crippen LogP contribution in [0.2, 0.25) is 0 Å². The monoisotopic (exact) mass is 312 g/mol. The Kier molecular flexibility index (Phi) is 4.61. The Morgan fingerprint density at radius 3 is 2.65 bits per heavy atom. The summed E-state index contributed by atoms with van der Waals surface area (Å²) in [4.78, 5) is 20.7. The number of rotatable bonds is 3. The number of hydrogen-bond donors (Lipinski definition) is 1. The molecular weight excluding hydrogens is 292 g/mol. The van der Waals surface area contributed by atoms with Gasteiger partial charge < -0.3 is 19.9 Å². The molecule has 2 aromatic rings. The van der Waals surface area contributed by atoms with Crippen molar-refractivity contribution in [2.75, 3.05) is 43.5 Å². The van der Waals surface area contributed by atoms with Crippen LogP contribution in [0.4, 0.5) is 16.3 Å². The second-order valence-corrected chi connectivity index (χ2v) is 5.32. The maximum absolute atomic E-state index is 12.4. The zero-order chi connectivity index (χ0) is 16.1. The summed E-state index contributed by atoms with van der Waals surface area (Å²) in [6, 6.07) is 13.2. The van der Waals surface area contributed by atoms with Crippen LogP contribution in [-0.2, 0) is 0 Å². The summed E-state index contributed by atoms with van der Waals surface area (Å²) >= 11 is 0. The smallest absolute Gasteiger partial charge is 0.321 e. The lowest BCUT2D eigenvalue weighted by molar-refractivity contribution is 0.208. The molecule has 0 atom stereocenters. The van der Waals surface area contributed by atoms with Crippen molar-refractivity contribution in [1.29, 1.82) is 0 Å². The van der Waals surface area contributed by atoms with E-state index < -0.39 is 0 Å². The fraction of sp³-hybridized carbons (Fsp3) is 0.294. The Morgan fingerprint density at radius 1 is 1.13 bits per heavy atom. The van der Waals surface area contributed by atoms with Gasteiger partial charge in [0.15, 0.2) is 0 Å². The lowest BCUT2D eigenvalue weighted by Gasteiger charge is -2.35. The van der Waals surface area contributed by atoms with Crippen LogP contribution in [0.15, 0.2) is 48.7 Å². The van der Waals surface area contributed by atoms with Crippen LogP contribution in [-0.4, -0.2) is 49.2 Å². The molecular formula is C17H20N4O2. The highest BCUT2D eigenvalue weighted by Gasteiger charge is 2.21. The molecule has 3 rings (SSSR count). The van der Waals surface area contributed by atoms with E-state index in [1.807, 2.05) is 47.4 Å². The number of carbonyl (C=O) groups is 1. The molecule has 1 saturated heterocycles. The van der Waals surface area contributed by atoms with Crippen LogP contribution in [0.25, 0.3) is 0 Å². The second kappa shape index (κ2) is 7.00. The van der Waals surface area contributed by atoms with E-state index in [2.05, 4.69) is 15.2 Å². The molecule has 2 heterocycles. The molecule has 1 aromatic heterocycles. The fourth-order valence-corrected chi connectivity index (χ4v) is 2.58. The third-order valence-electron chi connectivity index (χ3n) is 3.86. The molecule has 0 bridgehead atoms. The van der Waals surface area contributed by atoms with Gasteiger partial charge in [-0.2, -0.15) is 0 Å². The zero-order valence-corrected chi connectivity index (χ0v) is 13.1. The molecule has 6 nitrogen and oxygen atoms in total. The number of nitrogens with zero attached hydrogens (tertiary/aromatic N) is 3. The number of amides is 2. The van der Waals surface area contributed by atoms with E-state index in [4.69, 9.17) is 4.74 Å². The Bertz CT molecular complexity index is 655. The molecule has 1 aliphatic heterocycles. The van der Waals surface area contributed by atoms with Crippen LogP contribution in [0.1, 0.15) is 0 Å². The molecule has 1 N–H and O–H groups in total. The fourth-order valence-electron chi connectivity index (χ4n) is 2.58. The number of carbonyl (C=O) groups excluding carboxylic acids is 1. The van der Waals surface area contributed by atoms with Gasteiger partial charge in [0.1, 0.15) is 11.6 Å². The minimum absolute atomic E-state index is 0.0843. The number of pyridine rings is 1. The molecule has 0 saturated carbocycles. The second-order valence-electron chi connectivity index (χ2n) is 5.32. The first-order valence-electron chi connectivity index (χ1n) is 7.62. The highest BCUT2D eigenvalue weighted by Crippen LogP contribution is 2.18. The number of urea groups is 1. The Hall–Kier alpha value is -2.76. The van der Waals surface area contributed by atoms with E-state index in [-0.39, 0.29) is 6.03 Å². The van der Waals surface area contributed by atoms with E-state index >= 15 is 0 Å². The number of hydrogen-bond acceptors (Lipinski definition) is 4. The van der Waals surface area contributed by atoms with Crippen molar-refractivity contribution in [3.05, 3.63) is 48.7 Å². The van der Waals surface area contributed by atoms with Crippen molar-refractivity contribution in [3.8, 4) is 5.75 Å². The molecule has 1 aliphatic rings.